The molecule has 29 heavy (non-hydrogen) atoms. The lowest BCUT2D eigenvalue weighted by Crippen LogP contribution is -2.37. The number of nitrogens with one attached hydrogen (secondary N) is 1. The highest BCUT2D eigenvalue weighted by Crippen LogP contribution is 2.35. The van der Waals surface area contributed by atoms with Crippen LogP contribution in [0.1, 0.15) is 37.2 Å². The second-order valence-corrected chi connectivity index (χ2v) is 9.96. The van der Waals surface area contributed by atoms with Gasteiger partial charge in [-0.3, -0.25) is 4.72 Å². The van der Waals surface area contributed by atoms with Crippen LogP contribution in [-0.4, -0.2) is 45.3 Å². The Kier molecular flexibility index (Phi) is 6.40. The van der Waals surface area contributed by atoms with Gasteiger partial charge >= 0.3 is 0 Å². The van der Waals surface area contributed by atoms with Gasteiger partial charge in [-0.2, -0.15) is 0 Å². The van der Waals surface area contributed by atoms with E-state index in [-0.39, 0.29) is 11.7 Å². The Morgan fingerprint density at radius 2 is 1.69 bits per heavy atom. The van der Waals surface area contributed by atoms with Crippen LogP contribution in [0.25, 0.3) is 0 Å². The average Bonchev–Trinajstić information content (AvgIpc) is 2.73. The van der Waals surface area contributed by atoms with Crippen LogP contribution < -0.4 is 9.46 Å². The first kappa shape index (κ1) is 20.2. The normalized spacial score (nSPS) is 20.6. The maximum Gasteiger partial charge on any atom is 0.232 e. The van der Waals surface area contributed by atoms with E-state index >= 15 is 0 Å². The van der Waals surface area contributed by atoms with E-state index in [1.807, 2.05) is 24.3 Å². The molecule has 2 aliphatic rings. The molecule has 2 aromatic carbocycles. The second-order valence-electron chi connectivity index (χ2n) is 8.20. The van der Waals surface area contributed by atoms with Crippen LogP contribution in [-0.2, 0) is 10.0 Å². The van der Waals surface area contributed by atoms with Crippen LogP contribution in [0.5, 0.6) is 5.75 Å². The fourth-order valence-corrected chi connectivity index (χ4v) is 6.00. The predicted molar refractivity (Wildman–Crippen MR) is 117 cm³/mol. The van der Waals surface area contributed by atoms with Crippen molar-refractivity contribution < 1.29 is 13.2 Å². The van der Waals surface area contributed by atoms with Crippen molar-refractivity contribution in [1.29, 1.82) is 0 Å². The van der Waals surface area contributed by atoms with Crippen molar-refractivity contribution in [3.05, 3.63) is 60.2 Å². The molecule has 0 amide bonds. The SMILES string of the molecule is O=S(=O)(CC1CCN(CCC2CCOc3ccccc32)CC1)Nc1ccccc1. The molecule has 6 heteroatoms. The van der Waals surface area contributed by atoms with Gasteiger partial charge in [0.15, 0.2) is 0 Å². The lowest BCUT2D eigenvalue weighted by molar-refractivity contribution is 0.180. The van der Waals surface area contributed by atoms with Gasteiger partial charge in [0.05, 0.1) is 12.4 Å². The third kappa shape index (κ3) is 5.52. The molecule has 1 N–H and O–H groups in total. The Bertz CT molecular complexity index is 893. The van der Waals surface area contributed by atoms with Crippen LogP contribution in [0.15, 0.2) is 54.6 Å². The molecule has 0 aliphatic carbocycles. The Morgan fingerprint density at radius 1 is 0.966 bits per heavy atom. The lowest BCUT2D eigenvalue weighted by atomic mass is 9.89. The molecule has 5 nitrogen and oxygen atoms in total. The van der Waals surface area contributed by atoms with Gasteiger partial charge in [0.25, 0.3) is 0 Å². The summed E-state index contributed by atoms with van der Waals surface area (Å²) in [6.07, 6.45) is 4.11. The minimum absolute atomic E-state index is 0.211. The Labute approximate surface area is 174 Å². The molecule has 2 aromatic rings. The summed E-state index contributed by atoms with van der Waals surface area (Å²) >= 11 is 0. The summed E-state index contributed by atoms with van der Waals surface area (Å²) in [4.78, 5) is 2.49. The molecule has 0 radical (unpaired) electrons. The summed E-state index contributed by atoms with van der Waals surface area (Å²) in [6.45, 7) is 3.84. The Morgan fingerprint density at radius 3 is 2.48 bits per heavy atom. The van der Waals surface area contributed by atoms with Crippen molar-refractivity contribution in [3.8, 4) is 5.75 Å². The lowest BCUT2D eigenvalue weighted by Gasteiger charge is -2.33. The van der Waals surface area contributed by atoms with Gasteiger partial charge in [-0.05, 0) is 80.9 Å². The van der Waals surface area contributed by atoms with Crippen LogP contribution in [0.2, 0.25) is 0 Å². The molecule has 0 bridgehead atoms. The fourth-order valence-electron chi connectivity index (χ4n) is 4.47. The molecule has 1 fully saturated rings. The molecule has 0 aromatic heterocycles. The smallest absolute Gasteiger partial charge is 0.232 e. The average molecular weight is 415 g/mol. The summed E-state index contributed by atoms with van der Waals surface area (Å²) in [5, 5.41) is 0. The van der Waals surface area contributed by atoms with Crippen molar-refractivity contribution in [3.63, 3.8) is 0 Å². The Hall–Kier alpha value is -2.05. The van der Waals surface area contributed by atoms with Gasteiger partial charge in [0.2, 0.25) is 10.0 Å². The van der Waals surface area contributed by atoms with Crippen molar-refractivity contribution >= 4 is 15.7 Å². The first-order chi connectivity index (χ1) is 14.1. The number of para-hydroxylation sites is 2. The van der Waals surface area contributed by atoms with Gasteiger partial charge in [-0.15, -0.1) is 0 Å². The molecule has 156 valence electrons. The number of nitrogens with zero attached hydrogens (tertiary/aromatic N) is 1. The van der Waals surface area contributed by atoms with Gasteiger partial charge in [0, 0.05) is 5.69 Å². The van der Waals surface area contributed by atoms with Gasteiger partial charge < -0.3 is 9.64 Å². The summed E-state index contributed by atoms with van der Waals surface area (Å²) < 4.78 is 33.4. The number of ether oxygens (including phenoxy) is 1. The van der Waals surface area contributed by atoms with E-state index in [1.54, 1.807) is 12.1 Å². The molecule has 2 aliphatic heterocycles. The fraction of sp³-hybridized carbons (Fsp3) is 0.478. The van der Waals surface area contributed by atoms with E-state index in [0.29, 0.717) is 11.6 Å². The molecule has 0 saturated carbocycles. The van der Waals surface area contributed by atoms with Crippen LogP contribution in [0, 0.1) is 5.92 Å². The standard InChI is InChI=1S/C23H30N2O3S/c26-29(27,24-21-6-2-1-3-7-21)18-19-10-14-25(15-11-19)16-12-20-13-17-28-23-9-5-4-8-22(20)23/h1-9,19-20,24H,10-18H2. The van der Waals surface area contributed by atoms with E-state index in [4.69, 9.17) is 4.74 Å². The first-order valence-electron chi connectivity index (χ1n) is 10.6. The number of piperidine rings is 1. The van der Waals surface area contributed by atoms with Crippen molar-refractivity contribution in [2.75, 3.05) is 36.7 Å². The van der Waals surface area contributed by atoms with E-state index in [1.165, 1.54) is 5.56 Å². The predicted octanol–water partition coefficient (Wildman–Crippen LogP) is 4.10. The topological polar surface area (TPSA) is 58.6 Å². The monoisotopic (exact) mass is 414 g/mol. The second kappa shape index (κ2) is 9.18. The van der Waals surface area contributed by atoms with Crippen LogP contribution in [0.3, 0.4) is 0 Å². The quantitative estimate of drug-likeness (QED) is 0.741. The number of anilines is 1. The number of sulfonamides is 1. The maximum atomic E-state index is 12.5. The minimum atomic E-state index is -3.30. The molecular weight excluding hydrogens is 384 g/mol. The van der Waals surface area contributed by atoms with Crippen molar-refractivity contribution in [2.45, 2.75) is 31.6 Å². The van der Waals surface area contributed by atoms with Gasteiger partial charge in [0.1, 0.15) is 5.75 Å². The summed E-state index contributed by atoms with van der Waals surface area (Å²) in [7, 11) is -3.30. The number of fused-ring (bicyclic) bond motifs is 1. The molecule has 1 atom stereocenters. The highest BCUT2D eigenvalue weighted by Gasteiger charge is 2.26. The van der Waals surface area contributed by atoms with E-state index in [0.717, 1.165) is 57.7 Å². The Balaban J connectivity index is 1.23. The molecule has 2 heterocycles. The molecule has 4 rings (SSSR count). The first-order valence-corrected chi connectivity index (χ1v) is 12.2. The van der Waals surface area contributed by atoms with E-state index in [2.05, 4.69) is 27.8 Å². The summed E-state index contributed by atoms with van der Waals surface area (Å²) in [6, 6.07) is 17.5. The molecule has 0 spiro atoms. The molecule has 1 saturated heterocycles. The van der Waals surface area contributed by atoms with Gasteiger partial charge in [-0.1, -0.05) is 36.4 Å². The van der Waals surface area contributed by atoms with Crippen LogP contribution >= 0.6 is 0 Å². The number of benzene rings is 2. The van der Waals surface area contributed by atoms with E-state index < -0.39 is 10.0 Å². The number of rotatable bonds is 7. The molecular formula is C23H30N2O3S. The van der Waals surface area contributed by atoms with Crippen molar-refractivity contribution in [2.24, 2.45) is 5.92 Å². The number of hydrogen-bond donors (Lipinski definition) is 1. The zero-order chi connectivity index (χ0) is 20.1. The highest BCUT2D eigenvalue weighted by atomic mass is 32.2. The zero-order valence-electron chi connectivity index (χ0n) is 16.8. The number of hydrogen-bond acceptors (Lipinski definition) is 4. The van der Waals surface area contributed by atoms with E-state index in [9.17, 15) is 8.42 Å². The maximum absolute atomic E-state index is 12.5. The van der Waals surface area contributed by atoms with Crippen molar-refractivity contribution in [1.82, 2.24) is 4.90 Å². The van der Waals surface area contributed by atoms with Crippen LogP contribution in [0.4, 0.5) is 5.69 Å². The third-order valence-corrected chi connectivity index (χ3v) is 7.54. The number of likely N-dealkylation sites (tertiary alicyclic amines) is 1. The highest BCUT2D eigenvalue weighted by molar-refractivity contribution is 7.92. The van der Waals surface area contributed by atoms with Gasteiger partial charge in [-0.25, -0.2) is 8.42 Å². The summed E-state index contributed by atoms with van der Waals surface area (Å²) in [5.41, 5.74) is 1.98. The zero-order valence-corrected chi connectivity index (χ0v) is 17.6. The minimum Gasteiger partial charge on any atom is -0.493 e. The largest absolute Gasteiger partial charge is 0.493 e. The third-order valence-electron chi connectivity index (χ3n) is 6.09. The molecule has 1 unspecified atom stereocenters. The summed E-state index contributed by atoms with van der Waals surface area (Å²) in [5.74, 6) is 2.05.